The summed E-state index contributed by atoms with van der Waals surface area (Å²) < 4.78 is 41.7. The largest absolute Gasteiger partial charge is 0.463 e. The number of nitrogens with one attached hydrogen (secondary N) is 1. The van der Waals surface area contributed by atoms with Gasteiger partial charge in [0, 0.05) is 65.2 Å². The lowest BCUT2D eigenvalue weighted by molar-refractivity contribution is -0.276. The zero-order chi connectivity index (χ0) is 47.8. The van der Waals surface area contributed by atoms with E-state index in [4.69, 9.17) is 45.4 Å². The van der Waals surface area contributed by atoms with Gasteiger partial charge in [-0.1, -0.05) is 116 Å². The Morgan fingerprint density at radius 1 is 0.672 bits per heavy atom. The number of ether oxygens (including phenoxy) is 7. The summed E-state index contributed by atoms with van der Waals surface area (Å²) in [5.41, 5.74) is 4.81. The first-order valence-electron chi connectivity index (χ1n) is 22.4. The molecule has 2 saturated heterocycles. The minimum atomic E-state index is -1.28. The first-order chi connectivity index (χ1) is 32.2. The Labute approximate surface area is 395 Å². The highest BCUT2D eigenvalue weighted by Gasteiger charge is 2.52. The third-order valence-corrected chi connectivity index (χ3v) is 12.5. The summed E-state index contributed by atoms with van der Waals surface area (Å²) in [5, 5.41) is 17.9. The van der Waals surface area contributed by atoms with Crippen molar-refractivity contribution in [2.24, 2.45) is 5.92 Å². The van der Waals surface area contributed by atoms with E-state index in [9.17, 15) is 24.3 Å². The molecule has 0 bridgehead atoms. The number of likely N-dealkylation sites (N-methyl/N-ethyl adjacent to an activating group) is 1. The van der Waals surface area contributed by atoms with Gasteiger partial charge in [-0.2, -0.15) is 0 Å². The number of rotatable bonds is 16. The molecule has 5 aromatic carbocycles. The van der Waals surface area contributed by atoms with Crippen molar-refractivity contribution in [2.75, 3.05) is 20.2 Å². The molecule has 2 heterocycles. The lowest BCUT2D eigenvalue weighted by Gasteiger charge is -2.44. The summed E-state index contributed by atoms with van der Waals surface area (Å²) in [5.74, 6) is -2.73. The van der Waals surface area contributed by atoms with Crippen LogP contribution >= 0.6 is 12.2 Å². The zero-order valence-corrected chi connectivity index (χ0v) is 39.4. The van der Waals surface area contributed by atoms with Gasteiger partial charge in [0.25, 0.3) is 0 Å². The minimum absolute atomic E-state index is 0.0155. The number of hydrogen-bond donors (Lipinski definition) is 2. The van der Waals surface area contributed by atoms with Crippen molar-refractivity contribution in [1.29, 1.82) is 0 Å². The predicted octanol–water partition coefficient (Wildman–Crippen LogP) is 7.34. The first-order valence-corrected chi connectivity index (χ1v) is 22.8. The van der Waals surface area contributed by atoms with Gasteiger partial charge in [-0.3, -0.25) is 24.1 Å². The second kappa shape index (κ2) is 22.3. The van der Waals surface area contributed by atoms with Crippen LogP contribution in [0.15, 0.2) is 103 Å². The highest BCUT2D eigenvalue weighted by molar-refractivity contribution is 7.80. The van der Waals surface area contributed by atoms with E-state index in [2.05, 4.69) is 78.8 Å². The average Bonchev–Trinajstić information content (AvgIpc) is 3.30. The van der Waals surface area contributed by atoms with Gasteiger partial charge in [0.2, 0.25) is 0 Å². The predicted molar refractivity (Wildman–Crippen MR) is 253 cm³/mol. The average molecular weight is 935 g/mol. The summed E-state index contributed by atoms with van der Waals surface area (Å²) in [6, 6.07) is 35.0. The second-order valence-electron chi connectivity index (χ2n) is 17.3. The monoisotopic (exact) mass is 934 g/mol. The van der Waals surface area contributed by atoms with Crippen LogP contribution in [-0.2, 0) is 72.0 Å². The number of aliphatic hydroxyl groups excluding tert-OH is 1. The fourth-order valence-corrected chi connectivity index (χ4v) is 9.21. The van der Waals surface area contributed by atoms with Crippen LogP contribution in [0.25, 0.3) is 21.5 Å². The normalized spacial score (nSPS) is 23.9. The van der Waals surface area contributed by atoms with Crippen molar-refractivity contribution >= 4 is 62.6 Å². The quantitative estimate of drug-likeness (QED) is 0.0436. The van der Waals surface area contributed by atoms with Gasteiger partial charge in [-0.25, -0.2) is 0 Å². The van der Waals surface area contributed by atoms with E-state index in [0.717, 1.165) is 22.3 Å². The number of fused-ring (bicyclic) bond motifs is 2. The third kappa shape index (κ3) is 12.4. The lowest BCUT2D eigenvalue weighted by Crippen LogP contribution is -2.62. The van der Waals surface area contributed by atoms with Crippen LogP contribution in [0.3, 0.4) is 0 Å². The fraction of sp³-hybridized carbons (Fsp3) is 0.404. The van der Waals surface area contributed by atoms with E-state index >= 15 is 0 Å². The van der Waals surface area contributed by atoms with Gasteiger partial charge in [0.1, 0.15) is 18.8 Å². The summed E-state index contributed by atoms with van der Waals surface area (Å²) in [6.07, 6.45) is -6.96. The Morgan fingerprint density at radius 3 is 1.81 bits per heavy atom. The minimum Gasteiger partial charge on any atom is -0.463 e. The van der Waals surface area contributed by atoms with Gasteiger partial charge in [-0.15, -0.1) is 0 Å². The SMILES string of the molecule is CC(=O)OC[C@H]1O[C@@H](CC(=S)NCc2ccc(C3O[C@H](CN(C)Cc4c5ccccc5cc5ccccc45)[C@H](C)[C@H](c4ccc(CO)cc4)O3)cc2)[C@H](OC(C)=O)[C@@H](OC(C)=O)[C@@H]1OC(C)=O. The van der Waals surface area contributed by atoms with Crippen molar-refractivity contribution in [3.63, 3.8) is 0 Å². The molecule has 1 unspecified atom stereocenters. The topological polar surface area (TPSA) is 168 Å². The molecular weight excluding hydrogens is 877 g/mol. The molecular formula is C52H58N2O12S. The Bertz CT molecular complexity index is 2500. The maximum absolute atomic E-state index is 12.3. The molecule has 67 heavy (non-hydrogen) atoms. The Kier molecular flexibility index (Phi) is 16.4. The molecule has 2 aliphatic rings. The van der Waals surface area contributed by atoms with Crippen molar-refractivity contribution < 1.29 is 57.4 Å². The summed E-state index contributed by atoms with van der Waals surface area (Å²) in [4.78, 5) is 51.2. The highest BCUT2D eigenvalue weighted by Crippen LogP contribution is 2.42. The van der Waals surface area contributed by atoms with Crippen molar-refractivity contribution in [1.82, 2.24) is 10.2 Å². The van der Waals surface area contributed by atoms with E-state index in [-0.39, 0.29) is 37.8 Å². The first kappa shape index (κ1) is 49.1. The van der Waals surface area contributed by atoms with Gasteiger partial charge in [0.15, 0.2) is 24.6 Å². The smallest absolute Gasteiger partial charge is 0.303 e. The molecule has 2 fully saturated rings. The van der Waals surface area contributed by atoms with Crippen LogP contribution in [0.1, 0.15) is 81.3 Å². The number of carbonyl (C=O) groups excluding carboxylic acids is 4. The molecule has 14 nitrogen and oxygen atoms in total. The molecule has 0 aliphatic carbocycles. The lowest BCUT2D eigenvalue weighted by atomic mass is 9.89. The maximum Gasteiger partial charge on any atom is 0.303 e. The molecule has 0 aromatic heterocycles. The number of thiocarbonyl (C=S) groups is 1. The van der Waals surface area contributed by atoms with E-state index in [0.29, 0.717) is 24.6 Å². The van der Waals surface area contributed by atoms with E-state index in [1.807, 2.05) is 48.5 Å². The summed E-state index contributed by atoms with van der Waals surface area (Å²) in [7, 11) is 2.13. The molecule has 0 saturated carbocycles. The van der Waals surface area contributed by atoms with E-state index in [1.54, 1.807) is 0 Å². The van der Waals surface area contributed by atoms with Crippen molar-refractivity contribution in [2.45, 2.75) is 110 Å². The number of hydrogen-bond acceptors (Lipinski definition) is 14. The number of carbonyl (C=O) groups is 4. The van der Waals surface area contributed by atoms with Gasteiger partial charge in [0.05, 0.1) is 23.8 Å². The van der Waals surface area contributed by atoms with Crippen LogP contribution < -0.4 is 5.32 Å². The van der Waals surface area contributed by atoms with E-state index in [1.165, 1.54) is 54.8 Å². The standard InChI is InChI=1S/C52H58N2O12S/c1-30-45(27-54(6)26-43-41-13-9-7-11-39(41)23-40-12-8-10-14-42(40)43)65-52(66-48(30)37-19-17-36(28-55)18-20-37)38-21-15-35(16-22-38)25-53-47(67)24-44-49(61-32(3)57)51(63-34(5)59)50(62-33(4)58)46(64-44)29-60-31(2)56/h7-23,30,44-46,48-52,55H,24-29H2,1-6H3,(H,53,67)/t30-,44-,45+,46+,48+,49-,50+,51+,52?/m0/s1. The molecule has 2 N–H and O–H groups in total. The van der Waals surface area contributed by atoms with Gasteiger partial charge in [-0.05, 0) is 56.9 Å². The molecule has 0 spiro atoms. The summed E-state index contributed by atoms with van der Waals surface area (Å²) >= 11 is 5.75. The molecule has 354 valence electrons. The van der Waals surface area contributed by atoms with Gasteiger partial charge < -0.3 is 43.6 Å². The van der Waals surface area contributed by atoms with Crippen molar-refractivity contribution in [3.8, 4) is 0 Å². The number of nitrogens with zero attached hydrogens (tertiary/aromatic N) is 1. The molecule has 7 rings (SSSR count). The van der Waals surface area contributed by atoms with Crippen LogP contribution in [0.5, 0.6) is 0 Å². The Morgan fingerprint density at radius 2 is 1.22 bits per heavy atom. The highest BCUT2D eigenvalue weighted by atomic mass is 32.1. The zero-order valence-electron chi connectivity index (χ0n) is 38.5. The molecule has 0 radical (unpaired) electrons. The Hall–Kier alpha value is -5.81. The van der Waals surface area contributed by atoms with Gasteiger partial charge >= 0.3 is 23.9 Å². The Balaban J connectivity index is 1.06. The van der Waals surface area contributed by atoms with Crippen LogP contribution in [0, 0.1) is 5.92 Å². The molecule has 5 aromatic rings. The maximum atomic E-state index is 12.3. The fourth-order valence-electron chi connectivity index (χ4n) is 8.98. The van der Waals surface area contributed by atoms with Crippen LogP contribution in [-0.4, -0.2) is 95.7 Å². The van der Waals surface area contributed by atoms with E-state index < -0.39 is 60.7 Å². The number of aliphatic hydroxyl groups is 1. The van der Waals surface area contributed by atoms with Crippen LogP contribution in [0.2, 0.25) is 0 Å². The molecule has 0 amide bonds. The molecule has 2 aliphatic heterocycles. The number of benzene rings is 5. The second-order valence-corrected chi connectivity index (χ2v) is 17.8. The summed E-state index contributed by atoms with van der Waals surface area (Å²) in [6.45, 7) is 8.22. The molecule has 9 atom stereocenters. The molecule has 15 heteroatoms. The van der Waals surface area contributed by atoms with Crippen LogP contribution in [0.4, 0.5) is 0 Å². The third-order valence-electron chi connectivity index (χ3n) is 12.1. The van der Waals surface area contributed by atoms with Crippen molar-refractivity contribution in [3.05, 3.63) is 131 Å². The number of esters is 4.